The highest BCUT2D eigenvalue weighted by Crippen LogP contribution is 2.28. The Labute approximate surface area is 163 Å². The number of aromatic nitrogens is 1. The monoisotopic (exact) mass is 406 g/mol. The molecule has 0 aliphatic rings. The van der Waals surface area contributed by atoms with E-state index in [1.54, 1.807) is 22.8 Å². The number of ether oxygens (including phenoxy) is 1. The lowest BCUT2D eigenvalue weighted by molar-refractivity contribution is -0.124. The first kappa shape index (κ1) is 18.6. The van der Waals surface area contributed by atoms with Crippen LogP contribution in [0.3, 0.4) is 0 Å². The lowest BCUT2D eigenvalue weighted by atomic mass is 10.1. The summed E-state index contributed by atoms with van der Waals surface area (Å²) in [4.78, 5) is 29.3. The first-order valence-corrected chi connectivity index (χ1v) is 9.88. The van der Waals surface area contributed by atoms with Crippen LogP contribution < -0.4 is 5.32 Å². The van der Waals surface area contributed by atoms with E-state index in [0.717, 1.165) is 15.4 Å². The number of halogens is 1. The summed E-state index contributed by atoms with van der Waals surface area (Å²) in [5.41, 5.74) is 0.999. The molecule has 0 radical (unpaired) electrons. The maximum atomic E-state index is 12.1. The van der Waals surface area contributed by atoms with Crippen molar-refractivity contribution in [2.75, 3.05) is 6.61 Å². The summed E-state index contributed by atoms with van der Waals surface area (Å²) >= 11 is 9.02. The molecule has 0 fully saturated rings. The van der Waals surface area contributed by atoms with Crippen molar-refractivity contribution in [3.63, 3.8) is 0 Å². The van der Waals surface area contributed by atoms with Crippen LogP contribution in [0.15, 0.2) is 47.2 Å². The highest BCUT2D eigenvalue weighted by molar-refractivity contribution is 7.20. The van der Waals surface area contributed by atoms with Crippen LogP contribution >= 0.6 is 34.3 Å². The Balaban J connectivity index is 1.53. The third-order valence-corrected chi connectivity index (χ3v) is 5.75. The van der Waals surface area contributed by atoms with E-state index >= 15 is 0 Å². The number of nitrogens with one attached hydrogen (secondary N) is 1. The van der Waals surface area contributed by atoms with E-state index in [4.69, 9.17) is 16.3 Å². The predicted molar refractivity (Wildman–Crippen MR) is 104 cm³/mol. The fourth-order valence-corrected chi connectivity index (χ4v) is 4.18. The van der Waals surface area contributed by atoms with Gasteiger partial charge in [0.05, 0.1) is 10.9 Å². The number of thiazole rings is 1. The van der Waals surface area contributed by atoms with Gasteiger partial charge >= 0.3 is 5.97 Å². The van der Waals surface area contributed by atoms with Crippen molar-refractivity contribution >= 4 is 46.2 Å². The van der Waals surface area contributed by atoms with Gasteiger partial charge in [-0.25, -0.2) is 9.78 Å². The molecule has 134 valence electrons. The molecule has 3 aromatic rings. The Morgan fingerprint density at radius 3 is 2.77 bits per heavy atom. The topological polar surface area (TPSA) is 68.3 Å². The van der Waals surface area contributed by atoms with Crippen molar-refractivity contribution < 1.29 is 14.3 Å². The minimum atomic E-state index is -0.621. The van der Waals surface area contributed by atoms with E-state index in [0.29, 0.717) is 5.02 Å². The van der Waals surface area contributed by atoms with E-state index in [1.807, 2.05) is 42.6 Å². The molecule has 3 rings (SSSR count). The SMILES string of the molecule is C[C@@H](NC(=O)COC(=O)c1csc(-c2cccs2)n1)c1ccccc1Cl. The summed E-state index contributed by atoms with van der Waals surface area (Å²) in [7, 11) is 0. The van der Waals surface area contributed by atoms with Crippen molar-refractivity contribution in [2.45, 2.75) is 13.0 Å². The number of hydrogen-bond acceptors (Lipinski definition) is 6. The molecule has 1 aromatic carbocycles. The first-order chi connectivity index (χ1) is 12.5. The first-order valence-electron chi connectivity index (χ1n) is 7.75. The molecular formula is C18H15ClN2O3S2. The third kappa shape index (κ3) is 4.49. The number of thiophene rings is 1. The van der Waals surface area contributed by atoms with Gasteiger partial charge in [-0.15, -0.1) is 22.7 Å². The van der Waals surface area contributed by atoms with E-state index < -0.39 is 11.9 Å². The Bertz CT molecular complexity index is 909. The van der Waals surface area contributed by atoms with Gasteiger partial charge in [-0.1, -0.05) is 35.9 Å². The maximum Gasteiger partial charge on any atom is 0.358 e. The van der Waals surface area contributed by atoms with Crippen LogP contribution in [0.5, 0.6) is 0 Å². The van der Waals surface area contributed by atoms with Gasteiger partial charge in [0.1, 0.15) is 5.01 Å². The lowest BCUT2D eigenvalue weighted by Gasteiger charge is -2.15. The molecule has 8 heteroatoms. The highest BCUT2D eigenvalue weighted by Gasteiger charge is 2.17. The Hall–Kier alpha value is -2.22. The molecule has 0 aliphatic heterocycles. The minimum absolute atomic E-state index is 0.199. The Kier molecular flexibility index (Phi) is 6.03. The van der Waals surface area contributed by atoms with Gasteiger partial charge in [-0.05, 0) is 30.0 Å². The van der Waals surface area contributed by atoms with Gasteiger partial charge in [0.25, 0.3) is 5.91 Å². The second-order valence-corrected chi connectivity index (χ2v) is 7.62. The van der Waals surface area contributed by atoms with Crippen LogP contribution in [0, 0.1) is 0 Å². The maximum absolute atomic E-state index is 12.1. The summed E-state index contributed by atoms with van der Waals surface area (Å²) < 4.78 is 5.05. The number of benzene rings is 1. The molecule has 26 heavy (non-hydrogen) atoms. The normalized spacial score (nSPS) is 11.8. The largest absolute Gasteiger partial charge is 0.451 e. The number of nitrogens with zero attached hydrogens (tertiary/aromatic N) is 1. The molecule has 5 nitrogen and oxygen atoms in total. The smallest absolute Gasteiger partial charge is 0.358 e. The zero-order valence-corrected chi connectivity index (χ0v) is 16.2. The van der Waals surface area contributed by atoms with E-state index in [-0.39, 0.29) is 18.3 Å². The fraction of sp³-hybridized carbons (Fsp3) is 0.167. The number of amides is 1. The predicted octanol–water partition coefficient (Wildman–Crippen LogP) is 4.56. The Morgan fingerprint density at radius 2 is 2.04 bits per heavy atom. The van der Waals surface area contributed by atoms with E-state index in [2.05, 4.69) is 10.3 Å². The van der Waals surface area contributed by atoms with E-state index in [9.17, 15) is 9.59 Å². The fourth-order valence-electron chi connectivity index (χ4n) is 2.27. The lowest BCUT2D eigenvalue weighted by Crippen LogP contribution is -2.31. The second kappa shape index (κ2) is 8.44. The van der Waals surface area contributed by atoms with Crippen molar-refractivity contribution in [1.29, 1.82) is 0 Å². The van der Waals surface area contributed by atoms with Gasteiger partial charge in [-0.2, -0.15) is 0 Å². The molecule has 1 atom stereocenters. The average molecular weight is 407 g/mol. The number of hydrogen-bond donors (Lipinski definition) is 1. The molecule has 0 aliphatic carbocycles. The summed E-state index contributed by atoms with van der Waals surface area (Å²) in [5, 5.41) is 7.65. The standard InChI is InChI=1S/C18H15ClN2O3S2/c1-11(12-5-2-3-6-13(12)19)20-16(22)9-24-18(23)14-10-26-17(21-14)15-7-4-8-25-15/h2-8,10-11H,9H2,1H3,(H,20,22)/t11-/m1/s1. The van der Waals surface area contributed by atoms with Crippen LogP contribution in [-0.4, -0.2) is 23.5 Å². The van der Waals surface area contributed by atoms with Crippen molar-refractivity contribution in [2.24, 2.45) is 0 Å². The molecule has 1 amide bonds. The molecule has 1 N–H and O–H groups in total. The van der Waals surface area contributed by atoms with Crippen LogP contribution in [-0.2, 0) is 9.53 Å². The molecule has 0 bridgehead atoms. The zero-order valence-electron chi connectivity index (χ0n) is 13.8. The number of carbonyl (C=O) groups is 2. The molecule has 2 heterocycles. The highest BCUT2D eigenvalue weighted by atomic mass is 35.5. The van der Waals surface area contributed by atoms with Crippen LogP contribution in [0.1, 0.15) is 29.0 Å². The zero-order chi connectivity index (χ0) is 18.5. The number of carbonyl (C=O) groups excluding carboxylic acids is 2. The molecular weight excluding hydrogens is 392 g/mol. The summed E-state index contributed by atoms with van der Waals surface area (Å²) in [5.74, 6) is -1.02. The summed E-state index contributed by atoms with van der Waals surface area (Å²) in [6.07, 6.45) is 0. The number of rotatable bonds is 6. The van der Waals surface area contributed by atoms with Gasteiger partial charge in [0, 0.05) is 10.4 Å². The number of esters is 1. The van der Waals surface area contributed by atoms with Crippen molar-refractivity contribution in [3.05, 3.63) is 63.4 Å². The molecule has 2 aromatic heterocycles. The minimum Gasteiger partial charge on any atom is -0.451 e. The third-order valence-electron chi connectivity index (χ3n) is 3.53. The summed E-state index contributed by atoms with van der Waals surface area (Å²) in [6.45, 7) is 1.44. The second-order valence-electron chi connectivity index (χ2n) is 5.40. The summed E-state index contributed by atoms with van der Waals surface area (Å²) in [6, 6.07) is 10.8. The van der Waals surface area contributed by atoms with Crippen LogP contribution in [0.2, 0.25) is 5.02 Å². The quantitative estimate of drug-likeness (QED) is 0.609. The Morgan fingerprint density at radius 1 is 1.23 bits per heavy atom. The van der Waals surface area contributed by atoms with E-state index in [1.165, 1.54) is 11.3 Å². The van der Waals surface area contributed by atoms with Gasteiger partial charge in [0.2, 0.25) is 0 Å². The van der Waals surface area contributed by atoms with Crippen molar-refractivity contribution in [1.82, 2.24) is 10.3 Å². The van der Waals surface area contributed by atoms with Crippen LogP contribution in [0.25, 0.3) is 9.88 Å². The van der Waals surface area contributed by atoms with Crippen LogP contribution in [0.4, 0.5) is 0 Å². The molecule has 0 saturated carbocycles. The van der Waals surface area contributed by atoms with Gasteiger partial charge < -0.3 is 10.1 Å². The van der Waals surface area contributed by atoms with Gasteiger partial charge in [0.15, 0.2) is 12.3 Å². The molecule has 0 spiro atoms. The van der Waals surface area contributed by atoms with Gasteiger partial charge in [-0.3, -0.25) is 4.79 Å². The average Bonchev–Trinajstić information content (AvgIpc) is 3.31. The van der Waals surface area contributed by atoms with Crippen molar-refractivity contribution in [3.8, 4) is 9.88 Å². The molecule has 0 unspecified atom stereocenters. The molecule has 0 saturated heterocycles.